The van der Waals surface area contributed by atoms with Crippen LogP contribution in [-0.2, 0) is 6.61 Å². The van der Waals surface area contributed by atoms with Crippen molar-refractivity contribution in [1.29, 1.82) is 0 Å². The lowest BCUT2D eigenvalue weighted by atomic mass is 10.0. The van der Waals surface area contributed by atoms with E-state index in [9.17, 15) is 9.90 Å². The van der Waals surface area contributed by atoms with Gasteiger partial charge in [0.25, 0.3) is 5.91 Å². The molecule has 0 fully saturated rings. The summed E-state index contributed by atoms with van der Waals surface area (Å²) in [7, 11) is 0. The molecule has 0 aromatic heterocycles. The fraction of sp³-hybridized carbons (Fsp3) is 0.278. The van der Waals surface area contributed by atoms with Gasteiger partial charge in [-0.1, -0.05) is 30.3 Å². The van der Waals surface area contributed by atoms with Crippen LogP contribution in [0.1, 0.15) is 22.3 Å². The van der Waals surface area contributed by atoms with E-state index in [2.05, 4.69) is 11.6 Å². The summed E-state index contributed by atoms with van der Waals surface area (Å²) in [6.45, 7) is 0.740. The summed E-state index contributed by atoms with van der Waals surface area (Å²) in [4.78, 5) is 12.0. The van der Waals surface area contributed by atoms with E-state index in [-0.39, 0.29) is 12.5 Å². The van der Waals surface area contributed by atoms with Gasteiger partial charge in [-0.15, -0.1) is 0 Å². The first-order valence-electron chi connectivity index (χ1n) is 7.32. The first-order chi connectivity index (χ1) is 10.7. The number of hydrogen-bond donors (Lipinski definition) is 2. The lowest BCUT2D eigenvalue weighted by Gasteiger charge is -2.07. The Morgan fingerprint density at radius 2 is 1.91 bits per heavy atom. The summed E-state index contributed by atoms with van der Waals surface area (Å²) < 4.78 is 0. The van der Waals surface area contributed by atoms with Crippen molar-refractivity contribution in [1.82, 2.24) is 5.32 Å². The van der Waals surface area contributed by atoms with E-state index >= 15 is 0 Å². The number of hydrogen-bond acceptors (Lipinski definition) is 3. The van der Waals surface area contributed by atoms with Crippen molar-refractivity contribution in [3.63, 3.8) is 0 Å². The minimum absolute atomic E-state index is 0.0308. The number of benzene rings is 2. The molecule has 1 amide bonds. The molecule has 2 aromatic carbocycles. The molecule has 0 saturated carbocycles. The molecule has 0 radical (unpaired) electrons. The molecule has 0 bridgehead atoms. The highest BCUT2D eigenvalue weighted by atomic mass is 32.2. The monoisotopic (exact) mass is 315 g/mol. The highest BCUT2D eigenvalue weighted by molar-refractivity contribution is 7.98. The average molecular weight is 315 g/mol. The number of carbonyl (C=O) groups is 1. The summed E-state index contributed by atoms with van der Waals surface area (Å²) in [6.07, 6.45) is 3.05. The smallest absolute Gasteiger partial charge is 0.251 e. The second kappa shape index (κ2) is 8.61. The van der Waals surface area contributed by atoms with Crippen molar-refractivity contribution in [2.75, 3.05) is 18.6 Å². The maximum absolute atomic E-state index is 12.0. The molecule has 3 nitrogen and oxygen atoms in total. The second-order valence-electron chi connectivity index (χ2n) is 5.04. The molecule has 22 heavy (non-hydrogen) atoms. The van der Waals surface area contributed by atoms with Gasteiger partial charge < -0.3 is 10.4 Å². The Labute approximate surface area is 135 Å². The SMILES string of the molecule is CSCCCNC(=O)c1ccc(-c2cccc(CO)c2)cc1. The Kier molecular flexibility index (Phi) is 6.49. The van der Waals surface area contributed by atoms with E-state index in [1.807, 2.05) is 48.5 Å². The van der Waals surface area contributed by atoms with Crippen LogP contribution in [0.25, 0.3) is 11.1 Å². The first-order valence-corrected chi connectivity index (χ1v) is 8.71. The third-order valence-corrected chi connectivity index (χ3v) is 4.10. The van der Waals surface area contributed by atoms with Gasteiger partial charge in [0, 0.05) is 12.1 Å². The summed E-state index contributed by atoms with van der Waals surface area (Å²) in [5.74, 6) is 1.03. The molecule has 0 heterocycles. The van der Waals surface area contributed by atoms with Gasteiger partial charge >= 0.3 is 0 Å². The van der Waals surface area contributed by atoms with Crippen molar-refractivity contribution in [3.05, 3.63) is 59.7 Å². The number of nitrogens with one attached hydrogen (secondary N) is 1. The molecule has 0 aliphatic carbocycles. The van der Waals surface area contributed by atoms with Crippen LogP contribution in [0.15, 0.2) is 48.5 Å². The Hall–Kier alpha value is -1.78. The molecule has 4 heteroatoms. The molecule has 116 valence electrons. The number of rotatable bonds is 7. The van der Waals surface area contributed by atoms with Crippen molar-refractivity contribution < 1.29 is 9.90 Å². The number of carbonyl (C=O) groups excluding carboxylic acids is 1. The van der Waals surface area contributed by atoms with E-state index in [1.54, 1.807) is 11.8 Å². The predicted octanol–water partition coefficient (Wildman–Crippen LogP) is 3.33. The molecule has 0 atom stereocenters. The van der Waals surface area contributed by atoms with Crippen LogP contribution in [0.2, 0.25) is 0 Å². The molecule has 2 aromatic rings. The van der Waals surface area contributed by atoms with Crippen molar-refractivity contribution in [3.8, 4) is 11.1 Å². The van der Waals surface area contributed by atoms with Crippen LogP contribution in [0.4, 0.5) is 0 Å². The van der Waals surface area contributed by atoms with Crippen LogP contribution in [0, 0.1) is 0 Å². The molecular formula is C18H21NO2S. The van der Waals surface area contributed by atoms with Crippen LogP contribution in [0.3, 0.4) is 0 Å². The zero-order valence-corrected chi connectivity index (χ0v) is 13.5. The van der Waals surface area contributed by atoms with Crippen molar-refractivity contribution in [2.24, 2.45) is 0 Å². The molecule has 0 aliphatic heterocycles. The predicted molar refractivity (Wildman–Crippen MR) is 93.1 cm³/mol. The molecule has 0 spiro atoms. The third kappa shape index (κ3) is 4.61. The van der Waals surface area contributed by atoms with Crippen LogP contribution < -0.4 is 5.32 Å². The normalized spacial score (nSPS) is 10.5. The van der Waals surface area contributed by atoms with Crippen molar-refractivity contribution in [2.45, 2.75) is 13.0 Å². The van der Waals surface area contributed by atoms with Crippen LogP contribution in [0.5, 0.6) is 0 Å². The fourth-order valence-electron chi connectivity index (χ4n) is 2.18. The summed E-state index contributed by atoms with van der Waals surface area (Å²) in [5, 5.41) is 12.1. The number of aliphatic hydroxyl groups excluding tert-OH is 1. The minimum Gasteiger partial charge on any atom is -0.392 e. The Bertz CT molecular complexity index is 611. The zero-order valence-electron chi connectivity index (χ0n) is 12.7. The first kappa shape index (κ1) is 16.6. The van der Waals surface area contributed by atoms with E-state index < -0.39 is 0 Å². The third-order valence-electron chi connectivity index (χ3n) is 3.40. The standard InChI is InChI=1S/C18H21NO2S/c1-22-11-3-10-19-18(21)16-8-6-15(7-9-16)17-5-2-4-14(12-17)13-20/h2,4-9,12,20H,3,10-11,13H2,1H3,(H,19,21). The van der Waals surface area contributed by atoms with E-state index in [0.717, 1.165) is 28.9 Å². The Morgan fingerprint density at radius 3 is 2.59 bits per heavy atom. The lowest BCUT2D eigenvalue weighted by Crippen LogP contribution is -2.24. The number of aliphatic hydroxyl groups is 1. The fourth-order valence-corrected chi connectivity index (χ4v) is 2.62. The topological polar surface area (TPSA) is 49.3 Å². The Balaban J connectivity index is 2.01. The van der Waals surface area contributed by atoms with Crippen LogP contribution in [-0.4, -0.2) is 29.6 Å². The van der Waals surface area contributed by atoms with Crippen LogP contribution >= 0.6 is 11.8 Å². The van der Waals surface area contributed by atoms with Crippen molar-refractivity contribution >= 4 is 17.7 Å². The lowest BCUT2D eigenvalue weighted by molar-refractivity contribution is 0.0954. The minimum atomic E-state index is -0.0308. The van der Waals surface area contributed by atoms with Gasteiger partial charge in [0.15, 0.2) is 0 Å². The summed E-state index contributed by atoms with van der Waals surface area (Å²) >= 11 is 1.78. The van der Waals surface area contributed by atoms with Gasteiger partial charge in [0.05, 0.1) is 6.61 Å². The van der Waals surface area contributed by atoms with E-state index in [4.69, 9.17) is 0 Å². The van der Waals surface area contributed by atoms with Gasteiger partial charge in [0.2, 0.25) is 0 Å². The van der Waals surface area contributed by atoms with Gasteiger partial charge in [0.1, 0.15) is 0 Å². The molecule has 0 unspecified atom stereocenters. The largest absolute Gasteiger partial charge is 0.392 e. The zero-order chi connectivity index (χ0) is 15.8. The second-order valence-corrected chi connectivity index (χ2v) is 6.02. The maximum atomic E-state index is 12.0. The van der Waals surface area contributed by atoms with E-state index in [0.29, 0.717) is 12.1 Å². The molecule has 0 aliphatic rings. The molecular weight excluding hydrogens is 294 g/mol. The van der Waals surface area contributed by atoms with Gasteiger partial charge in [-0.05, 0) is 53.3 Å². The number of thioether (sulfide) groups is 1. The maximum Gasteiger partial charge on any atom is 0.251 e. The summed E-state index contributed by atoms with van der Waals surface area (Å²) in [6, 6.07) is 15.3. The average Bonchev–Trinajstić information content (AvgIpc) is 2.59. The molecule has 2 N–H and O–H groups in total. The highest BCUT2D eigenvalue weighted by Crippen LogP contribution is 2.21. The highest BCUT2D eigenvalue weighted by Gasteiger charge is 2.05. The quantitative estimate of drug-likeness (QED) is 0.771. The summed E-state index contributed by atoms with van der Waals surface area (Å²) in [5.41, 5.74) is 3.63. The van der Waals surface area contributed by atoms with Gasteiger partial charge in [-0.25, -0.2) is 0 Å². The molecule has 0 saturated heterocycles. The molecule has 2 rings (SSSR count). The number of amides is 1. The Morgan fingerprint density at radius 1 is 1.14 bits per heavy atom. The van der Waals surface area contributed by atoms with Gasteiger partial charge in [-0.3, -0.25) is 4.79 Å². The van der Waals surface area contributed by atoms with E-state index in [1.165, 1.54) is 0 Å². The van der Waals surface area contributed by atoms with Gasteiger partial charge in [-0.2, -0.15) is 11.8 Å².